The summed E-state index contributed by atoms with van der Waals surface area (Å²) < 4.78 is 0. The van der Waals surface area contributed by atoms with Gasteiger partial charge >= 0.3 is 5.79 Å². The van der Waals surface area contributed by atoms with Crippen molar-refractivity contribution in [2.75, 3.05) is 0 Å². The molecule has 5 heteroatoms. The summed E-state index contributed by atoms with van der Waals surface area (Å²) in [6.07, 6.45) is 1.26. The predicted molar refractivity (Wildman–Crippen MR) is 90.0 cm³/mol. The Balaban J connectivity index is 5.28. The highest BCUT2D eigenvalue weighted by Gasteiger charge is 2.44. The predicted octanol–water partition coefficient (Wildman–Crippen LogP) is 5.16. The van der Waals surface area contributed by atoms with E-state index in [4.69, 9.17) is 19.6 Å². The maximum atomic E-state index is 9.71. The summed E-state index contributed by atoms with van der Waals surface area (Å²) in [6.45, 7) is 19.5. The second kappa shape index (κ2) is 7.94. The van der Waals surface area contributed by atoms with Crippen molar-refractivity contribution in [3.05, 3.63) is 0 Å². The fourth-order valence-corrected chi connectivity index (χ4v) is 2.34. The summed E-state index contributed by atoms with van der Waals surface area (Å²) in [4.78, 5) is 21.6. The van der Waals surface area contributed by atoms with E-state index >= 15 is 0 Å². The normalized spacial score (nSPS) is 14.2. The van der Waals surface area contributed by atoms with Crippen LogP contribution in [0.2, 0.25) is 0 Å². The molecule has 0 spiro atoms. The monoisotopic (exact) mass is 329 g/mol. The van der Waals surface area contributed by atoms with Gasteiger partial charge in [0.1, 0.15) is 6.07 Å². The Morgan fingerprint density at radius 1 is 0.783 bits per heavy atom. The zero-order chi connectivity index (χ0) is 18.5. The summed E-state index contributed by atoms with van der Waals surface area (Å²) in [5.41, 5.74) is -1.29. The highest BCUT2D eigenvalue weighted by Crippen LogP contribution is 2.38. The Labute approximate surface area is 142 Å². The molecule has 136 valence electrons. The first-order valence-electron chi connectivity index (χ1n) is 8.25. The number of rotatable bonds is 8. The second-order valence-electron chi connectivity index (χ2n) is 9.36. The highest BCUT2D eigenvalue weighted by molar-refractivity contribution is 4.96. The number of hydrogen-bond donors (Lipinski definition) is 0. The maximum Gasteiger partial charge on any atom is 0.318 e. The summed E-state index contributed by atoms with van der Waals surface area (Å²) in [5.74, 6) is -1.12. The summed E-state index contributed by atoms with van der Waals surface area (Å²) >= 11 is 0. The molecule has 0 aliphatic heterocycles. The van der Waals surface area contributed by atoms with Gasteiger partial charge in [0.2, 0.25) is 0 Å². The molecule has 0 aromatic rings. The van der Waals surface area contributed by atoms with Crippen molar-refractivity contribution < 1.29 is 19.6 Å². The van der Waals surface area contributed by atoms with Gasteiger partial charge in [-0.1, -0.05) is 27.7 Å². The quantitative estimate of drug-likeness (QED) is 0.349. The van der Waals surface area contributed by atoms with Crippen LogP contribution in [0.3, 0.4) is 0 Å². The minimum atomic E-state index is -1.61. The SMILES string of the molecule is CC(C)CC(C)(C)CC(C#N)(OOC(C)(C)C)OOC(C)(C)C. The van der Waals surface area contributed by atoms with Crippen molar-refractivity contribution in [2.45, 2.75) is 99.1 Å². The first-order valence-corrected chi connectivity index (χ1v) is 8.25. The lowest BCUT2D eigenvalue weighted by Gasteiger charge is -2.36. The van der Waals surface area contributed by atoms with Crippen molar-refractivity contribution in [1.82, 2.24) is 0 Å². The molecular weight excluding hydrogens is 294 g/mol. The molecule has 23 heavy (non-hydrogen) atoms. The number of nitrogens with zero attached hydrogens (tertiary/aromatic N) is 1. The van der Waals surface area contributed by atoms with Crippen molar-refractivity contribution in [3.63, 3.8) is 0 Å². The fourth-order valence-electron chi connectivity index (χ4n) is 2.34. The molecular formula is C18H35NO4. The van der Waals surface area contributed by atoms with Gasteiger partial charge in [0.05, 0.1) is 11.2 Å². The Hall–Kier alpha value is -0.670. The van der Waals surface area contributed by atoms with Crippen LogP contribution in [0.1, 0.15) is 82.1 Å². The van der Waals surface area contributed by atoms with Crippen LogP contribution >= 0.6 is 0 Å². The Kier molecular flexibility index (Phi) is 7.70. The lowest BCUT2D eigenvalue weighted by molar-refractivity contribution is -0.528. The smallest absolute Gasteiger partial charge is 0.227 e. The highest BCUT2D eigenvalue weighted by atomic mass is 17.3. The standard InChI is InChI=1S/C18H35NO4/c1-14(2)11-17(9,10)12-18(13-19,22-20-15(3,4)5)23-21-16(6,7)8/h14H,11-12H2,1-10H3. The lowest BCUT2D eigenvalue weighted by atomic mass is 9.78. The van der Waals surface area contributed by atoms with Crippen molar-refractivity contribution >= 4 is 0 Å². The Morgan fingerprint density at radius 2 is 1.17 bits per heavy atom. The molecule has 0 aromatic carbocycles. The lowest BCUT2D eigenvalue weighted by Crippen LogP contribution is -2.43. The average molecular weight is 329 g/mol. The van der Waals surface area contributed by atoms with E-state index in [1.807, 2.05) is 41.5 Å². The fraction of sp³-hybridized carbons (Fsp3) is 0.944. The van der Waals surface area contributed by atoms with Crippen LogP contribution in [-0.2, 0) is 19.6 Å². The van der Waals surface area contributed by atoms with E-state index < -0.39 is 17.0 Å². The third-order valence-corrected chi connectivity index (χ3v) is 2.70. The zero-order valence-corrected chi connectivity index (χ0v) is 16.6. The molecule has 0 fully saturated rings. The van der Waals surface area contributed by atoms with Gasteiger partial charge in [-0.05, 0) is 59.3 Å². The molecule has 0 radical (unpaired) electrons. The third-order valence-electron chi connectivity index (χ3n) is 2.70. The molecule has 0 saturated carbocycles. The summed E-state index contributed by atoms with van der Waals surface area (Å²) in [7, 11) is 0. The van der Waals surface area contributed by atoms with E-state index in [0.29, 0.717) is 12.3 Å². The van der Waals surface area contributed by atoms with Crippen molar-refractivity contribution in [3.8, 4) is 6.07 Å². The van der Waals surface area contributed by atoms with Crippen LogP contribution in [0.4, 0.5) is 0 Å². The van der Waals surface area contributed by atoms with E-state index in [1.54, 1.807) is 0 Å². The molecule has 5 nitrogen and oxygen atoms in total. The van der Waals surface area contributed by atoms with Crippen LogP contribution in [0.15, 0.2) is 0 Å². The van der Waals surface area contributed by atoms with Crippen molar-refractivity contribution in [1.29, 1.82) is 5.26 Å². The molecule has 0 aliphatic carbocycles. The maximum absolute atomic E-state index is 9.71. The molecule has 0 rings (SSSR count). The van der Waals surface area contributed by atoms with Crippen LogP contribution in [0, 0.1) is 22.7 Å². The summed E-state index contributed by atoms with van der Waals surface area (Å²) in [6, 6.07) is 2.10. The van der Waals surface area contributed by atoms with Crippen LogP contribution in [-0.4, -0.2) is 17.0 Å². The minimum Gasteiger partial charge on any atom is -0.227 e. The molecule has 0 aromatic heterocycles. The van der Waals surface area contributed by atoms with E-state index in [9.17, 15) is 5.26 Å². The first kappa shape index (κ1) is 22.3. The van der Waals surface area contributed by atoms with Gasteiger partial charge in [-0.2, -0.15) is 15.0 Å². The third kappa shape index (κ3) is 10.7. The second-order valence-corrected chi connectivity index (χ2v) is 9.36. The van der Waals surface area contributed by atoms with Gasteiger partial charge in [-0.25, -0.2) is 9.78 Å². The van der Waals surface area contributed by atoms with E-state index in [0.717, 1.165) is 6.42 Å². The van der Waals surface area contributed by atoms with Gasteiger partial charge in [0, 0.05) is 6.42 Å². The molecule has 0 saturated heterocycles. The molecule has 0 atom stereocenters. The topological polar surface area (TPSA) is 60.7 Å². The van der Waals surface area contributed by atoms with E-state index in [2.05, 4.69) is 33.8 Å². The summed E-state index contributed by atoms with van der Waals surface area (Å²) in [5, 5.41) is 9.71. The largest absolute Gasteiger partial charge is 0.318 e. The molecule has 0 N–H and O–H groups in total. The Bertz CT molecular complexity index is 379. The molecule has 0 amide bonds. The number of nitriles is 1. The van der Waals surface area contributed by atoms with Crippen LogP contribution < -0.4 is 0 Å². The van der Waals surface area contributed by atoms with E-state index in [1.165, 1.54) is 0 Å². The number of hydrogen-bond acceptors (Lipinski definition) is 5. The van der Waals surface area contributed by atoms with Gasteiger partial charge in [0.15, 0.2) is 0 Å². The van der Waals surface area contributed by atoms with Crippen LogP contribution in [0.25, 0.3) is 0 Å². The molecule has 0 heterocycles. The minimum absolute atomic E-state index is 0.174. The van der Waals surface area contributed by atoms with Gasteiger partial charge in [-0.15, -0.1) is 0 Å². The molecule has 0 aliphatic rings. The van der Waals surface area contributed by atoms with Gasteiger partial charge in [0.25, 0.3) is 0 Å². The van der Waals surface area contributed by atoms with E-state index in [-0.39, 0.29) is 5.41 Å². The van der Waals surface area contributed by atoms with Crippen molar-refractivity contribution in [2.24, 2.45) is 11.3 Å². The first-order chi connectivity index (χ1) is 10.1. The zero-order valence-electron chi connectivity index (χ0n) is 16.6. The molecule has 0 bridgehead atoms. The van der Waals surface area contributed by atoms with Gasteiger partial charge in [-0.3, -0.25) is 0 Å². The molecule has 0 unspecified atom stereocenters. The Morgan fingerprint density at radius 3 is 1.43 bits per heavy atom. The van der Waals surface area contributed by atoms with Gasteiger partial charge < -0.3 is 0 Å². The van der Waals surface area contributed by atoms with Crippen LogP contribution in [0.5, 0.6) is 0 Å². The average Bonchev–Trinajstić information content (AvgIpc) is 2.29.